The summed E-state index contributed by atoms with van der Waals surface area (Å²) in [6.45, 7) is 13.1. The van der Waals surface area contributed by atoms with Gasteiger partial charge in [-0.15, -0.1) is 0 Å². The number of hydrogen-bond donors (Lipinski definition) is 2. The number of benzene rings is 1. The van der Waals surface area contributed by atoms with E-state index in [9.17, 15) is 14.4 Å². The Bertz CT molecular complexity index is 659. The maximum Gasteiger partial charge on any atom is 0.331 e. The van der Waals surface area contributed by atoms with Gasteiger partial charge in [-0.2, -0.15) is 0 Å². The predicted molar refractivity (Wildman–Crippen MR) is 115 cm³/mol. The smallest absolute Gasteiger partial charge is 0.331 e. The van der Waals surface area contributed by atoms with Gasteiger partial charge in [-0.1, -0.05) is 76.8 Å². The molecule has 1 aromatic carbocycles. The molecule has 0 bridgehead atoms. The van der Waals surface area contributed by atoms with Gasteiger partial charge in [-0.3, -0.25) is 0 Å². The van der Waals surface area contributed by atoms with Gasteiger partial charge in [0.2, 0.25) is 0 Å². The van der Waals surface area contributed by atoms with E-state index in [1.807, 2.05) is 57.2 Å². The molecule has 0 unspecified atom stereocenters. The predicted octanol–water partition coefficient (Wildman–Crippen LogP) is 4.97. The minimum atomic E-state index is -1.21. The van der Waals surface area contributed by atoms with Crippen LogP contribution in [0.3, 0.4) is 0 Å². The molecule has 0 aliphatic heterocycles. The van der Waals surface area contributed by atoms with Crippen molar-refractivity contribution in [2.24, 2.45) is 5.92 Å². The number of aliphatic carboxylic acids is 2. The Balaban J connectivity index is 0. The lowest BCUT2D eigenvalue weighted by Crippen LogP contribution is -2.06. The van der Waals surface area contributed by atoms with Crippen LogP contribution in [0.4, 0.5) is 0 Å². The minimum absolute atomic E-state index is 0.0579. The van der Waals surface area contributed by atoms with Crippen molar-refractivity contribution in [2.75, 3.05) is 6.61 Å². The second-order valence-corrected chi connectivity index (χ2v) is 6.25. The van der Waals surface area contributed by atoms with Crippen LogP contribution in [0.5, 0.6) is 0 Å². The molecule has 29 heavy (non-hydrogen) atoms. The third-order valence-electron chi connectivity index (χ3n) is 3.14. The zero-order chi connectivity index (χ0) is 22.7. The molecule has 1 aromatic rings. The highest BCUT2D eigenvalue weighted by Crippen LogP contribution is 2.10. The van der Waals surface area contributed by atoms with E-state index in [1.165, 1.54) is 11.6 Å². The van der Waals surface area contributed by atoms with Gasteiger partial charge in [0.05, 0.1) is 6.61 Å². The van der Waals surface area contributed by atoms with Crippen molar-refractivity contribution in [3.63, 3.8) is 0 Å². The molecule has 6 nitrogen and oxygen atoms in total. The van der Waals surface area contributed by atoms with Gasteiger partial charge in [0.15, 0.2) is 0 Å². The van der Waals surface area contributed by atoms with Crippen molar-refractivity contribution in [1.29, 1.82) is 0 Å². The molecule has 0 amide bonds. The fraction of sp³-hybridized carbons (Fsp3) is 0.348. The monoisotopic (exact) mass is 404 g/mol. The zero-order valence-corrected chi connectivity index (χ0v) is 17.5. The van der Waals surface area contributed by atoms with Crippen LogP contribution < -0.4 is 0 Å². The summed E-state index contributed by atoms with van der Waals surface area (Å²) in [5, 5.41) is 16.8. The van der Waals surface area contributed by atoms with Crippen molar-refractivity contribution < 1.29 is 29.3 Å². The van der Waals surface area contributed by atoms with Gasteiger partial charge in [-0.05, 0) is 24.3 Å². The van der Waals surface area contributed by atoms with E-state index < -0.39 is 11.9 Å². The third kappa shape index (κ3) is 19.4. The molecule has 6 heteroatoms. The number of rotatable bonds is 9. The molecule has 0 aliphatic carbocycles. The minimum Gasteiger partial charge on any atom is -0.478 e. The van der Waals surface area contributed by atoms with Gasteiger partial charge in [0.1, 0.15) is 0 Å². The first kappa shape index (κ1) is 28.1. The highest BCUT2D eigenvalue weighted by molar-refractivity contribution is 5.94. The molecule has 0 fully saturated rings. The van der Waals surface area contributed by atoms with Crippen molar-refractivity contribution in [1.82, 2.24) is 0 Å². The van der Waals surface area contributed by atoms with E-state index in [0.29, 0.717) is 6.61 Å². The second kappa shape index (κ2) is 18.2. The number of carbonyl (C=O) groups excluding carboxylic acids is 1. The van der Waals surface area contributed by atoms with E-state index >= 15 is 0 Å². The van der Waals surface area contributed by atoms with Crippen LogP contribution in [0.2, 0.25) is 0 Å². The maximum absolute atomic E-state index is 10.4. The van der Waals surface area contributed by atoms with Gasteiger partial charge in [0.25, 0.3) is 0 Å². The Morgan fingerprint density at radius 2 is 1.69 bits per heavy atom. The summed E-state index contributed by atoms with van der Waals surface area (Å²) in [4.78, 5) is 30.9. The number of esters is 1. The topological polar surface area (TPSA) is 101 Å². The van der Waals surface area contributed by atoms with Gasteiger partial charge in [0, 0.05) is 17.7 Å². The molecular formula is C23H32O6. The first-order valence-electron chi connectivity index (χ1n) is 9.31. The van der Waals surface area contributed by atoms with Gasteiger partial charge in [-0.25, -0.2) is 14.4 Å². The van der Waals surface area contributed by atoms with Crippen LogP contribution in [-0.4, -0.2) is 34.7 Å². The van der Waals surface area contributed by atoms with Crippen molar-refractivity contribution in [3.8, 4) is 0 Å². The van der Waals surface area contributed by atoms with Crippen molar-refractivity contribution in [2.45, 2.75) is 40.0 Å². The Morgan fingerprint density at radius 3 is 2.03 bits per heavy atom. The summed E-state index contributed by atoms with van der Waals surface area (Å²) >= 11 is 0. The van der Waals surface area contributed by atoms with Crippen LogP contribution in [-0.2, 0) is 19.1 Å². The molecule has 0 saturated carbocycles. The maximum atomic E-state index is 10.4. The zero-order valence-electron chi connectivity index (χ0n) is 17.5. The molecule has 0 aromatic heterocycles. The Morgan fingerprint density at radius 1 is 1.10 bits per heavy atom. The van der Waals surface area contributed by atoms with Gasteiger partial charge < -0.3 is 14.9 Å². The Kier molecular flexibility index (Phi) is 17.6. The molecule has 1 rings (SSSR count). The van der Waals surface area contributed by atoms with E-state index in [0.717, 1.165) is 18.9 Å². The van der Waals surface area contributed by atoms with Gasteiger partial charge >= 0.3 is 17.9 Å². The highest BCUT2D eigenvalue weighted by Gasteiger charge is 2.10. The molecular weight excluding hydrogens is 372 g/mol. The Labute approximate surface area is 173 Å². The van der Waals surface area contributed by atoms with Crippen LogP contribution in [0.1, 0.15) is 45.6 Å². The number of carbonyl (C=O) groups is 3. The lowest BCUT2D eigenvalue weighted by molar-refractivity contribution is -0.138. The van der Waals surface area contributed by atoms with Crippen molar-refractivity contribution in [3.05, 3.63) is 66.8 Å². The lowest BCUT2D eigenvalue weighted by atomic mass is 10.0. The summed E-state index contributed by atoms with van der Waals surface area (Å²) in [7, 11) is 0. The number of ether oxygens (including phenoxy) is 1. The molecule has 0 heterocycles. The summed E-state index contributed by atoms with van der Waals surface area (Å²) in [6, 6.07) is 10.0. The summed E-state index contributed by atoms with van der Waals surface area (Å²) < 4.78 is 4.67. The second-order valence-electron chi connectivity index (χ2n) is 6.25. The Hall–Kier alpha value is -3.15. The SMILES string of the molecule is C=CC(=O)OCCCC.C=Cc1ccccc1.CC(C)C/C(=C/C(=O)O)C(=O)O. The molecule has 0 radical (unpaired) electrons. The standard InChI is InChI=1S/C8H12O4.C8H8.C7H12O2/c1-5(2)3-6(8(11)12)4-7(9)10;1-2-8-6-4-3-5-7-8;1-3-5-6-9-7(8)4-2/h4-5H,3H2,1-2H3,(H,9,10)(H,11,12);2-7H,1H2;4H,2-3,5-6H2,1H3/b6-4-;;. The lowest BCUT2D eigenvalue weighted by Gasteiger charge is -2.03. The summed E-state index contributed by atoms with van der Waals surface area (Å²) in [5.41, 5.74) is 1.12. The molecule has 0 aliphatic rings. The number of carboxylic acid groups (broad SMARTS) is 2. The third-order valence-corrected chi connectivity index (χ3v) is 3.14. The van der Waals surface area contributed by atoms with E-state index in [4.69, 9.17) is 10.2 Å². The quantitative estimate of drug-likeness (QED) is 0.342. The van der Waals surface area contributed by atoms with E-state index in [1.54, 1.807) is 0 Å². The summed E-state index contributed by atoms with van der Waals surface area (Å²) in [5.74, 6) is -2.56. The average Bonchev–Trinajstić information content (AvgIpc) is 2.68. The van der Waals surface area contributed by atoms with Crippen LogP contribution >= 0.6 is 0 Å². The average molecular weight is 405 g/mol. The summed E-state index contributed by atoms with van der Waals surface area (Å²) in [6.07, 6.45) is 6.00. The molecule has 160 valence electrons. The first-order valence-corrected chi connectivity index (χ1v) is 9.31. The van der Waals surface area contributed by atoms with Crippen LogP contribution in [0.25, 0.3) is 6.08 Å². The molecule has 0 spiro atoms. The van der Waals surface area contributed by atoms with Crippen LogP contribution in [0, 0.1) is 5.92 Å². The fourth-order valence-electron chi connectivity index (χ4n) is 1.76. The highest BCUT2D eigenvalue weighted by atomic mass is 16.5. The molecule has 0 saturated heterocycles. The first-order chi connectivity index (χ1) is 13.7. The number of carboxylic acids is 2. The number of hydrogen-bond acceptors (Lipinski definition) is 4. The van der Waals surface area contributed by atoms with E-state index in [-0.39, 0.29) is 23.9 Å². The van der Waals surface area contributed by atoms with Crippen molar-refractivity contribution >= 4 is 24.0 Å². The van der Waals surface area contributed by atoms with Crippen LogP contribution in [0.15, 0.2) is 61.2 Å². The van der Waals surface area contributed by atoms with E-state index in [2.05, 4.69) is 17.9 Å². The largest absolute Gasteiger partial charge is 0.478 e. The fourth-order valence-corrected chi connectivity index (χ4v) is 1.76. The normalized spacial score (nSPS) is 9.86. The molecule has 0 atom stereocenters. The number of unbranched alkanes of at least 4 members (excludes halogenated alkanes) is 1. The molecule has 2 N–H and O–H groups in total.